The summed E-state index contributed by atoms with van der Waals surface area (Å²) in [5.41, 5.74) is 1.09. The molecule has 87 heavy (non-hydrogen) atoms. The quantitative estimate of drug-likeness (QED) is 0.0523. The molecular weight excluding hydrogens is 1270 g/mol. The van der Waals surface area contributed by atoms with E-state index in [1.54, 1.807) is 18.2 Å². The van der Waals surface area contributed by atoms with Crippen LogP contribution >= 0.6 is 39.3 Å². The minimum Gasteiger partial charge on any atom is -0.380 e. The molecule has 4 saturated heterocycles. The summed E-state index contributed by atoms with van der Waals surface area (Å²) >= 11 is 11.4. The van der Waals surface area contributed by atoms with Gasteiger partial charge in [-0.05, 0) is 145 Å². The fourth-order valence-corrected chi connectivity index (χ4v) is 17.0. The summed E-state index contributed by atoms with van der Waals surface area (Å²) in [5, 5.41) is 6.14. The molecule has 0 saturated carbocycles. The van der Waals surface area contributed by atoms with Crippen LogP contribution in [0, 0.1) is 5.41 Å². The Morgan fingerprint density at radius 1 is 0.839 bits per heavy atom. The maximum atomic E-state index is 14.6. The fourth-order valence-electron chi connectivity index (χ4n) is 13.2. The maximum absolute atomic E-state index is 14.6. The Morgan fingerprint density at radius 3 is 2.22 bits per heavy atom. The molecule has 5 heterocycles. The molecular formula is C63H69BrClF3N8O8S3. The van der Waals surface area contributed by atoms with Crippen molar-refractivity contribution in [3.8, 4) is 0 Å². The minimum absolute atomic E-state index is 0.0231. The van der Waals surface area contributed by atoms with Crippen LogP contribution in [0.4, 0.5) is 24.5 Å². The Balaban J connectivity index is 0.739. The van der Waals surface area contributed by atoms with Gasteiger partial charge in [0, 0.05) is 127 Å². The van der Waals surface area contributed by atoms with Crippen molar-refractivity contribution in [2.45, 2.75) is 123 Å². The number of benzene rings is 5. The number of hydrogen-bond acceptors (Lipinski definition) is 14. The number of nitrogens with zero attached hydrogens (tertiary/aromatic N) is 5. The van der Waals surface area contributed by atoms with E-state index in [4.69, 9.17) is 11.6 Å². The van der Waals surface area contributed by atoms with Crippen molar-refractivity contribution in [1.82, 2.24) is 29.6 Å². The number of thioether (sulfide) groups is 1. The zero-order chi connectivity index (χ0) is 61.6. The Morgan fingerprint density at radius 2 is 1.54 bits per heavy atom. The number of amides is 4. The topological polar surface area (TPSA) is 189 Å². The number of sulfonamides is 1. The van der Waals surface area contributed by atoms with E-state index in [0.29, 0.717) is 68.1 Å². The first-order chi connectivity index (χ1) is 41.4. The largest absolute Gasteiger partial charge is 0.501 e. The maximum Gasteiger partial charge on any atom is 0.501 e. The number of alkyl halides is 3. The van der Waals surface area contributed by atoms with E-state index in [0.717, 1.165) is 90.1 Å². The number of hydrogen-bond donors (Lipinski definition) is 3. The van der Waals surface area contributed by atoms with Crippen molar-refractivity contribution in [1.29, 1.82) is 0 Å². The molecule has 1 aliphatic carbocycles. The predicted octanol–water partition coefficient (Wildman–Crippen LogP) is 10.4. The van der Waals surface area contributed by atoms with Crippen molar-refractivity contribution in [3.63, 3.8) is 0 Å². The first-order valence-corrected chi connectivity index (χ1v) is 34.5. The smallest absolute Gasteiger partial charge is 0.380 e. The third kappa shape index (κ3) is 14.0. The van der Waals surface area contributed by atoms with Gasteiger partial charge in [-0.1, -0.05) is 83.3 Å². The summed E-state index contributed by atoms with van der Waals surface area (Å²) in [6.07, 6.45) is 5.74. The van der Waals surface area contributed by atoms with Crippen LogP contribution in [0.5, 0.6) is 0 Å². The Labute approximate surface area is 523 Å². The van der Waals surface area contributed by atoms with E-state index in [9.17, 15) is 49.2 Å². The molecule has 462 valence electrons. The Bertz CT molecular complexity index is 3710. The molecule has 4 atom stereocenters. The minimum atomic E-state index is -6.15. The molecule has 4 fully saturated rings. The second kappa shape index (κ2) is 25.6. The number of carbonyl (C=O) groups is 4. The number of fused-ring (bicyclic) bond motifs is 3. The number of carbonyl (C=O) groups excluding carboxylic acids is 4. The molecule has 4 amide bonds. The molecule has 3 unspecified atom stereocenters. The fraction of sp³-hybridized carbons (Fsp3) is 0.429. The molecule has 5 aliphatic heterocycles. The number of imide groups is 1. The molecule has 2 bridgehead atoms. The lowest BCUT2D eigenvalue weighted by Gasteiger charge is -2.42. The van der Waals surface area contributed by atoms with E-state index >= 15 is 0 Å². The third-order valence-electron chi connectivity index (χ3n) is 17.9. The summed E-state index contributed by atoms with van der Waals surface area (Å²) in [7, 11) is -11.1. The summed E-state index contributed by atoms with van der Waals surface area (Å²) in [6, 6.07) is 29.0. The monoisotopic (exact) mass is 1330 g/mol. The van der Waals surface area contributed by atoms with Gasteiger partial charge < -0.3 is 15.1 Å². The van der Waals surface area contributed by atoms with Gasteiger partial charge in [0.25, 0.3) is 31.7 Å². The van der Waals surface area contributed by atoms with Gasteiger partial charge in [-0.25, -0.2) is 21.6 Å². The van der Waals surface area contributed by atoms with Crippen LogP contribution < -0.4 is 20.3 Å². The summed E-state index contributed by atoms with van der Waals surface area (Å²) in [4.78, 5) is 61.3. The van der Waals surface area contributed by atoms with Crippen LogP contribution in [-0.4, -0.2) is 148 Å². The average molecular weight is 1330 g/mol. The van der Waals surface area contributed by atoms with Crippen molar-refractivity contribution >= 4 is 99.7 Å². The molecule has 24 heteroatoms. The Kier molecular flexibility index (Phi) is 18.5. The molecule has 3 N–H and O–H groups in total. The van der Waals surface area contributed by atoms with E-state index in [1.165, 1.54) is 45.5 Å². The van der Waals surface area contributed by atoms with Gasteiger partial charge >= 0.3 is 5.51 Å². The lowest BCUT2D eigenvalue weighted by atomic mass is 9.73. The van der Waals surface area contributed by atoms with Crippen LogP contribution in [0.2, 0.25) is 5.02 Å². The molecule has 11 rings (SSSR count). The molecule has 6 aliphatic rings. The second-order valence-corrected chi connectivity index (χ2v) is 30.2. The van der Waals surface area contributed by atoms with Gasteiger partial charge in [0.2, 0.25) is 11.8 Å². The van der Waals surface area contributed by atoms with Gasteiger partial charge in [-0.3, -0.25) is 39.2 Å². The molecule has 0 spiro atoms. The second-order valence-electron chi connectivity index (χ2n) is 24.3. The molecule has 5 aromatic carbocycles. The van der Waals surface area contributed by atoms with E-state index in [-0.39, 0.29) is 54.3 Å². The zero-order valence-corrected chi connectivity index (χ0v) is 53.0. The number of piperazine rings is 2. The standard InChI is InChI=1S/C63H69BrClF3N8O8S3/c1-62(2)26-24-51(40-8-13-44(65)14-9-40)43(33-62)35-72-28-30-74(31-29-72)46-15-10-41(11-16-46)59(78)71-87(83,84)50-19-21-54(56(32-50)86(81,82)63(66,67)68)69-45(39-85-49-6-4-3-5-7-49)25-27-75-47-17-18-48(75)37-73(36-47)34-42-12-20-52-53(58(42)64)38-76(61(52)80)55-22-23-57(77)70-60(55)79/h3-16,19-21,32,45,47-48,55,69H,17-18,22-31,33-39H2,1-2H3,(H,71,78)(H,70,77,79)/t45-,47?,48?,55?/m1/s1. The molecule has 0 aromatic heterocycles. The average Bonchev–Trinajstić information content (AvgIpc) is 1.97. The van der Waals surface area contributed by atoms with Gasteiger partial charge in [0.05, 0.1) is 10.6 Å². The number of sulfone groups is 1. The van der Waals surface area contributed by atoms with Crippen molar-refractivity contribution in [3.05, 3.63) is 152 Å². The van der Waals surface area contributed by atoms with Crippen LogP contribution in [0.15, 0.2) is 134 Å². The zero-order valence-electron chi connectivity index (χ0n) is 48.3. The third-order valence-corrected chi connectivity index (χ3v) is 23.1. The van der Waals surface area contributed by atoms with Gasteiger partial charge in [-0.2, -0.15) is 13.2 Å². The van der Waals surface area contributed by atoms with Crippen molar-refractivity contribution in [2.24, 2.45) is 5.41 Å². The highest BCUT2D eigenvalue weighted by atomic mass is 79.9. The van der Waals surface area contributed by atoms with E-state index in [2.05, 4.69) is 72.1 Å². The van der Waals surface area contributed by atoms with Gasteiger partial charge in [0.15, 0.2) is 0 Å². The predicted molar refractivity (Wildman–Crippen MR) is 334 cm³/mol. The molecule has 16 nitrogen and oxygen atoms in total. The van der Waals surface area contributed by atoms with Gasteiger partial charge in [-0.15, -0.1) is 11.8 Å². The summed E-state index contributed by atoms with van der Waals surface area (Å²) < 4.78 is 101. The number of nitrogens with one attached hydrogen (secondary N) is 3. The lowest BCUT2D eigenvalue weighted by molar-refractivity contribution is -0.136. The van der Waals surface area contributed by atoms with Crippen LogP contribution in [0.3, 0.4) is 0 Å². The lowest BCUT2D eigenvalue weighted by Crippen LogP contribution is -2.54. The number of likely N-dealkylation sites (tertiary alicyclic amines) is 1. The number of allylic oxidation sites excluding steroid dienone is 1. The highest BCUT2D eigenvalue weighted by Crippen LogP contribution is 2.44. The van der Waals surface area contributed by atoms with Crippen molar-refractivity contribution < 1.29 is 49.2 Å². The first-order valence-electron chi connectivity index (χ1n) is 29.3. The van der Waals surface area contributed by atoms with Crippen LogP contribution in [-0.2, 0) is 42.5 Å². The normalized spacial score (nSPS) is 21.7. The molecule has 0 radical (unpaired) electrons. The number of rotatable bonds is 19. The van der Waals surface area contributed by atoms with Crippen LogP contribution in [0.1, 0.15) is 103 Å². The first kappa shape index (κ1) is 62.8. The van der Waals surface area contributed by atoms with Crippen molar-refractivity contribution in [2.75, 3.05) is 68.3 Å². The molecule has 5 aromatic rings. The van der Waals surface area contributed by atoms with E-state index < -0.39 is 64.7 Å². The number of halogens is 5. The van der Waals surface area contributed by atoms with Crippen LogP contribution in [0.25, 0.3) is 5.57 Å². The number of anilines is 2. The van der Waals surface area contributed by atoms with E-state index in [1.807, 2.05) is 53.3 Å². The highest BCUT2D eigenvalue weighted by Gasteiger charge is 2.49. The summed E-state index contributed by atoms with van der Waals surface area (Å²) in [5.74, 6) is -1.82. The highest BCUT2D eigenvalue weighted by molar-refractivity contribution is 9.10. The van der Waals surface area contributed by atoms with Gasteiger partial charge in [0.1, 0.15) is 10.9 Å². The number of piperidine rings is 1. The Hall–Kier alpha value is -5.79. The SMILES string of the molecule is CC1(C)CCC(c2ccc(Cl)cc2)=C(CN2CCN(c3ccc(C(=O)NS(=O)(=O)c4ccc(N[C@H](CCN5C6CCC5CN(Cc5ccc7c(c5Br)CN(C5CCC(=O)NC5=O)C7=O)C6)CSc5ccccc5)c(S(=O)(=O)C(F)(F)F)c4)cc3)CC2)C1. The summed E-state index contributed by atoms with van der Waals surface area (Å²) in [6.45, 7) is 11.3.